The molecule has 0 fully saturated rings. The molecular weight excluding hydrogens is 284 g/mol. The van der Waals surface area contributed by atoms with Gasteiger partial charge in [0.05, 0.1) is 17.8 Å². The average Bonchev–Trinajstić information content (AvgIpc) is 3.11. The van der Waals surface area contributed by atoms with Crippen molar-refractivity contribution >= 4 is 11.6 Å². The highest BCUT2D eigenvalue weighted by Gasteiger charge is 2.19. The number of pyridine rings is 1. The van der Waals surface area contributed by atoms with Crippen molar-refractivity contribution in [1.29, 1.82) is 0 Å². The van der Waals surface area contributed by atoms with Crippen molar-refractivity contribution in [2.24, 2.45) is 0 Å². The minimum Gasteiger partial charge on any atom is -0.481 e. The van der Waals surface area contributed by atoms with Crippen LogP contribution in [0, 0.1) is 0 Å². The van der Waals surface area contributed by atoms with Crippen LogP contribution < -0.4 is 9.47 Å². The number of rotatable bonds is 3. The number of aliphatic carboxylic acids is 1. The molecule has 6 nitrogen and oxygen atoms in total. The third kappa shape index (κ3) is 1.96. The van der Waals surface area contributed by atoms with Gasteiger partial charge in [-0.05, 0) is 30.3 Å². The molecule has 4 rings (SSSR count). The lowest BCUT2D eigenvalue weighted by Crippen LogP contribution is -2.04. The van der Waals surface area contributed by atoms with Crippen LogP contribution in [0.25, 0.3) is 16.9 Å². The summed E-state index contributed by atoms with van der Waals surface area (Å²) < 4.78 is 12.5. The number of nitrogens with zero attached hydrogens (tertiary/aromatic N) is 2. The van der Waals surface area contributed by atoms with E-state index >= 15 is 0 Å². The molecular formula is C16H12N2O4. The monoisotopic (exact) mass is 296 g/mol. The zero-order valence-corrected chi connectivity index (χ0v) is 11.5. The second-order valence-electron chi connectivity index (χ2n) is 4.97. The van der Waals surface area contributed by atoms with Crippen LogP contribution in [0.3, 0.4) is 0 Å². The van der Waals surface area contributed by atoms with E-state index in [1.54, 1.807) is 4.40 Å². The summed E-state index contributed by atoms with van der Waals surface area (Å²) in [4.78, 5) is 15.8. The summed E-state index contributed by atoms with van der Waals surface area (Å²) >= 11 is 0. The van der Waals surface area contributed by atoms with Crippen LogP contribution in [0.5, 0.6) is 11.5 Å². The minimum absolute atomic E-state index is 0.102. The van der Waals surface area contributed by atoms with Crippen molar-refractivity contribution < 1.29 is 19.4 Å². The Hall–Kier alpha value is -3.02. The highest BCUT2D eigenvalue weighted by Crippen LogP contribution is 2.36. The van der Waals surface area contributed by atoms with E-state index in [9.17, 15) is 9.90 Å². The van der Waals surface area contributed by atoms with E-state index in [4.69, 9.17) is 9.47 Å². The molecule has 0 saturated heterocycles. The number of carboxylic acid groups (broad SMARTS) is 1. The van der Waals surface area contributed by atoms with Gasteiger partial charge in [-0.25, -0.2) is 4.98 Å². The molecule has 110 valence electrons. The Morgan fingerprint density at radius 3 is 2.95 bits per heavy atom. The molecule has 0 unspecified atom stereocenters. The molecule has 1 aliphatic heterocycles. The number of hydrogen-bond donors (Lipinski definition) is 1. The van der Waals surface area contributed by atoms with Gasteiger partial charge in [0.15, 0.2) is 11.5 Å². The lowest BCUT2D eigenvalue weighted by Gasteiger charge is -2.04. The molecule has 0 spiro atoms. The fourth-order valence-electron chi connectivity index (χ4n) is 2.63. The molecule has 3 heterocycles. The van der Waals surface area contributed by atoms with Gasteiger partial charge in [0, 0.05) is 11.8 Å². The number of ether oxygens (including phenoxy) is 2. The van der Waals surface area contributed by atoms with Crippen LogP contribution in [-0.2, 0) is 11.2 Å². The summed E-state index contributed by atoms with van der Waals surface area (Å²) in [6, 6.07) is 11.1. The van der Waals surface area contributed by atoms with E-state index in [1.165, 1.54) is 0 Å². The predicted molar refractivity (Wildman–Crippen MR) is 78.1 cm³/mol. The van der Waals surface area contributed by atoms with E-state index in [0.717, 1.165) is 5.56 Å². The first-order valence-electron chi connectivity index (χ1n) is 6.80. The van der Waals surface area contributed by atoms with Crippen LogP contribution in [0.4, 0.5) is 0 Å². The number of imidazole rings is 1. The normalized spacial score (nSPS) is 12.7. The summed E-state index contributed by atoms with van der Waals surface area (Å²) in [7, 11) is 0. The Morgan fingerprint density at radius 1 is 1.23 bits per heavy atom. The highest BCUT2D eigenvalue weighted by atomic mass is 16.7. The fraction of sp³-hybridized carbons (Fsp3) is 0.125. The first-order valence-corrected chi connectivity index (χ1v) is 6.80. The zero-order chi connectivity index (χ0) is 15.1. The van der Waals surface area contributed by atoms with E-state index in [-0.39, 0.29) is 13.2 Å². The molecule has 0 saturated carbocycles. The van der Waals surface area contributed by atoms with Crippen LogP contribution >= 0.6 is 0 Å². The van der Waals surface area contributed by atoms with Gasteiger partial charge in [0.1, 0.15) is 5.65 Å². The van der Waals surface area contributed by atoms with Gasteiger partial charge in [-0.15, -0.1) is 0 Å². The van der Waals surface area contributed by atoms with Gasteiger partial charge in [0.2, 0.25) is 6.79 Å². The van der Waals surface area contributed by atoms with Crippen molar-refractivity contribution in [2.75, 3.05) is 6.79 Å². The van der Waals surface area contributed by atoms with Gasteiger partial charge >= 0.3 is 5.97 Å². The van der Waals surface area contributed by atoms with Crippen molar-refractivity contribution in [1.82, 2.24) is 9.38 Å². The average molecular weight is 296 g/mol. The summed E-state index contributed by atoms with van der Waals surface area (Å²) in [5.74, 6) is 0.441. The van der Waals surface area contributed by atoms with Crippen molar-refractivity contribution in [3.63, 3.8) is 0 Å². The topological polar surface area (TPSA) is 73.1 Å². The molecule has 0 radical (unpaired) electrons. The van der Waals surface area contributed by atoms with Crippen molar-refractivity contribution in [2.45, 2.75) is 6.42 Å². The fourth-order valence-corrected chi connectivity index (χ4v) is 2.63. The summed E-state index contributed by atoms with van der Waals surface area (Å²) in [6.07, 6.45) is 1.71. The van der Waals surface area contributed by atoms with Crippen LogP contribution in [0.2, 0.25) is 0 Å². The number of carbonyl (C=O) groups is 1. The maximum absolute atomic E-state index is 11.2. The van der Waals surface area contributed by atoms with E-state index in [0.29, 0.717) is 28.5 Å². The molecule has 2 aromatic heterocycles. The lowest BCUT2D eigenvalue weighted by atomic mass is 10.1. The molecule has 0 amide bonds. The summed E-state index contributed by atoms with van der Waals surface area (Å²) in [5.41, 5.74) is 2.81. The van der Waals surface area contributed by atoms with Crippen LogP contribution in [0.1, 0.15) is 5.69 Å². The summed E-state index contributed by atoms with van der Waals surface area (Å²) in [6.45, 7) is 0.200. The number of aromatic nitrogens is 2. The van der Waals surface area contributed by atoms with Crippen molar-refractivity contribution in [3.8, 4) is 22.8 Å². The molecule has 3 aromatic rings. The molecule has 0 bridgehead atoms. The molecule has 0 aliphatic carbocycles. The Balaban J connectivity index is 1.92. The van der Waals surface area contributed by atoms with Crippen molar-refractivity contribution in [3.05, 3.63) is 48.3 Å². The lowest BCUT2D eigenvalue weighted by molar-refractivity contribution is -0.136. The van der Waals surface area contributed by atoms with Crippen LogP contribution in [-0.4, -0.2) is 27.3 Å². The van der Waals surface area contributed by atoms with Gasteiger partial charge in [-0.2, -0.15) is 0 Å². The zero-order valence-electron chi connectivity index (χ0n) is 11.5. The number of hydrogen-bond acceptors (Lipinski definition) is 4. The van der Waals surface area contributed by atoms with Crippen LogP contribution in [0.15, 0.2) is 42.6 Å². The van der Waals surface area contributed by atoms with E-state index in [2.05, 4.69) is 4.98 Å². The molecule has 6 heteroatoms. The highest BCUT2D eigenvalue weighted by molar-refractivity contribution is 5.77. The molecule has 22 heavy (non-hydrogen) atoms. The Morgan fingerprint density at radius 2 is 2.09 bits per heavy atom. The number of benzene rings is 1. The third-order valence-corrected chi connectivity index (χ3v) is 3.59. The van der Waals surface area contributed by atoms with Gasteiger partial charge < -0.3 is 19.0 Å². The standard InChI is InChI=1S/C16H12N2O4/c19-15(20)8-11-16(17-14-3-1-2-6-18(11)14)10-4-5-12-13(7-10)22-9-21-12/h1-7H,8-9H2,(H,19,20). The Labute approximate surface area is 125 Å². The third-order valence-electron chi connectivity index (χ3n) is 3.59. The second-order valence-corrected chi connectivity index (χ2v) is 4.97. The predicted octanol–water partition coefficient (Wildman–Crippen LogP) is 2.36. The van der Waals surface area contributed by atoms with E-state index < -0.39 is 5.97 Å². The molecule has 0 atom stereocenters. The molecule has 1 aliphatic rings. The molecule has 1 aromatic carbocycles. The van der Waals surface area contributed by atoms with E-state index in [1.807, 2.05) is 42.6 Å². The van der Waals surface area contributed by atoms with Gasteiger partial charge in [-0.3, -0.25) is 4.79 Å². The van der Waals surface area contributed by atoms with Gasteiger partial charge in [0.25, 0.3) is 0 Å². The maximum atomic E-state index is 11.2. The minimum atomic E-state index is -0.896. The number of carboxylic acids is 1. The first-order chi connectivity index (χ1) is 10.7. The Bertz CT molecular complexity index is 885. The molecule has 1 N–H and O–H groups in total. The second kappa shape index (κ2) is 4.77. The smallest absolute Gasteiger partial charge is 0.309 e. The quantitative estimate of drug-likeness (QED) is 0.803. The van der Waals surface area contributed by atoms with Gasteiger partial charge in [-0.1, -0.05) is 6.07 Å². The largest absolute Gasteiger partial charge is 0.481 e. The first kappa shape index (κ1) is 12.7. The summed E-state index contributed by atoms with van der Waals surface area (Å²) in [5, 5.41) is 9.19. The number of fused-ring (bicyclic) bond motifs is 2. The Kier molecular flexibility index (Phi) is 2.75. The SMILES string of the molecule is O=C(O)Cc1c(-c2ccc3c(c2)OCO3)nc2ccccn12. The maximum Gasteiger partial charge on any atom is 0.309 e.